The molecule has 1 N–H and O–H groups in total. The van der Waals surface area contributed by atoms with Gasteiger partial charge in [-0.3, -0.25) is 4.79 Å². The van der Waals surface area contributed by atoms with Crippen molar-refractivity contribution < 1.29 is 33.2 Å². The average molecular weight is 391 g/mol. The molecule has 0 aliphatic heterocycles. The molecule has 28 heavy (non-hydrogen) atoms. The molecule has 0 saturated heterocycles. The van der Waals surface area contributed by atoms with Crippen molar-refractivity contribution in [3.8, 4) is 34.5 Å². The Morgan fingerprint density at radius 2 is 1.07 bits per heavy atom. The number of hydrogen-bond donors (Lipinski definition) is 1. The highest BCUT2D eigenvalue weighted by atomic mass is 16.5. The molecule has 152 valence electrons. The third kappa shape index (κ3) is 4.33. The van der Waals surface area contributed by atoms with Crippen LogP contribution in [0.1, 0.15) is 15.9 Å². The Morgan fingerprint density at radius 3 is 1.57 bits per heavy atom. The van der Waals surface area contributed by atoms with Gasteiger partial charge >= 0.3 is 0 Å². The zero-order valence-electron chi connectivity index (χ0n) is 16.9. The summed E-state index contributed by atoms with van der Waals surface area (Å²) >= 11 is 0. The van der Waals surface area contributed by atoms with Gasteiger partial charge < -0.3 is 33.7 Å². The molecule has 0 bridgehead atoms. The second kappa shape index (κ2) is 9.59. The molecule has 0 heterocycles. The summed E-state index contributed by atoms with van der Waals surface area (Å²) in [6.45, 7) is 0.208. The second-order valence-corrected chi connectivity index (χ2v) is 5.61. The van der Waals surface area contributed by atoms with Gasteiger partial charge in [-0.1, -0.05) is 0 Å². The molecule has 0 spiro atoms. The molecular weight excluding hydrogens is 366 g/mol. The van der Waals surface area contributed by atoms with Crippen molar-refractivity contribution in [1.82, 2.24) is 5.32 Å². The summed E-state index contributed by atoms with van der Waals surface area (Å²) in [7, 11) is 9.13. The van der Waals surface area contributed by atoms with E-state index in [0.717, 1.165) is 5.56 Å². The third-order valence-electron chi connectivity index (χ3n) is 4.18. The summed E-state index contributed by atoms with van der Waals surface area (Å²) in [6, 6.07) is 6.63. The minimum atomic E-state index is -0.338. The summed E-state index contributed by atoms with van der Waals surface area (Å²) in [5.74, 6) is 2.57. The average Bonchev–Trinajstić information content (AvgIpc) is 2.75. The first-order valence-corrected chi connectivity index (χ1v) is 8.39. The number of nitrogens with one attached hydrogen (secondary N) is 1. The molecule has 0 aliphatic carbocycles. The largest absolute Gasteiger partial charge is 0.496 e. The zero-order valence-corrected chi connectivity index (χ0v) is 16.9. The van der Waals surface area contributed by atoms with Crippen molar-refractivity contribution >= 4 is 5.91 Å². The van der Waals surface area contributed by atoms with Crippen molar-refractivity contribution in [2.45, 2.75) is 6.54 Å². The van der Waals surface area contributed by atoms with Gasteiger partial charge in [-0.15, -0.1) is 0 Å². The van der Waals surface area contributed by atoms with Gasteiger partial charge in [0.2, 0.25) is 0 Å². The Hall–Kier alpha value is -3.29. The van der Waals surface area contributed by atoms with Crippen LogP contribution in [0.5, 0.6) is 34.5 Å². The molecule has 2 aromatic rings. The number of rotatable bonds is 9. The van der Waals surface area contributed by atoms with Crippen LogP contribution in [0.2, 0.25) is 0 Å². The van der Waals surface area contributed by atoms with E-state index in [0.29, 0.717) is 40.1 Å². The van der Waals surface area contributed by atoms with E-state index in [9.17, 15) is 4.79 Å². The van der Waals surface area contributed by atoms with E-state index < -0.39 is 0 Å². The molecule has 0 unspecified atom stereocenters. The number of benzene rings is 2. The van der Waals surface area contributed by atoms with E-state index in [-0.39, 0.29) is 12.5 Å². The lowest BCUT2D eigenvalue weighted by Gasteiger charge is -2.16. The van der Waals surface area contributed by atoms with Gasteiger partial charge in [0.15, 0.2) is 23.0 Å². The molecule has 2 aromatic carbocycles. The first kappa shape index (κ1) is 21.0. The van der Waals surface area contributed by atoms with Crippen LogP contribution in [0, 0.1) is 0 Å². The summed E-state index contributed by atoms with van der Waals surface area (Å²) in [6.07, 6.45) is 0. The molecule has 0 fully saturated rings. The van der Waals surface area contributed by atoms with Gasteiger partial charge in [-0.05, 0) is 6.07 Å². The maximum Gasteiger partial charge on any atom is 0.255 e. The Morgan fingerprint density at radius 1 is 0.643 bits per heavy atom. The fraction of sp³-hybridized carbons (Fsp3) is 0.350. The molecule has 2 rings (SSSR count). The Balaban J connectivity index is 2.29. The second-order valence-electron chi connectivity index (χ2n) is 5.61. The van der Waals surface area contributed by atoms with Gasteiger partial charge in [0.05, 0.1) is 48.2 Å². The van der Waals surface area contributed by atoms with Crippen LogP contribution in [0.25, 0.3) is 0 Å². The van der Waals surface area contributed by atoms with Crippen LogP contribution >= 0.6 is 0 Å². The number of ether oxygens (including phenoxy) is 6. The highest BCUT2D eigenvalue weighted by Gasteiger charge is 2.19. The molecule has 0 aliphatic rings. The van der Waals surface area contributed by atoms with E-state index in [4.69, 9.17) is 28.4 Å². The Bertz CT molecular complexity index is 836. The molecule has 0 radical (unpaired) electrons. The van der Waals surface area contributed by atoms with E-state index >= 15 is 0 Å². The summed E-state index contributed by atoms with van der Waals surface area (Å²) in [5, 5.41) is 2.85. The van der Waals surface area contributed by atoms with Gasteiger partial charge in [0, 0.05) is 30.3 Å². The van der Waals surface area contributed by atoms with Gasteiger partial charge in [-0.2, -0.15) is 0 Å². The van der Waals surface area contributed by atoms with Crippen LogP contribution in [-0.2, 0) is 6.54 Å². The molecule has 8 nitrogen and oxygen atoms in total. The summed E-state index contributed by atoms with van der Waals surface area (Å²) in [5.41, 5.74) is 1.05. The van der Waals surface area contributed by atoms with Crippen molar-refractivity contribution in [2.24, 2.45) is 0 Å². The lowest BCUT2D eigenvalue weighted by molar-refractivity contribution is 0.0947. The molecular formula is C20H25NO7. The van der Waals surface area contributed by atoms with Crippen molar-refractivity contribution in [3.63, 3.8) is 0 Å². The van der Waals surface area contributed by atoms with Gasteiger partial charge in [0.25, 0.3) is 5.91 Å². The monoisotopic (exact) mass is 391 g/mol. The summed E-state index contributed by atoms with van der Waals surface area (Å²) in [4.78, 5) is 12.8. The van der Waals surface area contributed by atoms with Gasteiger partial charge in [0.1, 0.15) is 11.5 Å². The third-order valence-corrected chi connectivity index (χ3v) is 4.18. The smallest absolute Gasteiger partial charge is 0.255 e. The quantitative estimate of drug-likeness (QED) is 0.703. The fourth-order valence-electron chi connectivity index (χ4n) is 2.71. The van der Waals surface area contributed by atoms with Crippen LogP contribution in [0.15, 0.2) is 24.3 Å². The van der Waals surface area contributed by atoms with E-state index in [1.807, 2.05) is 0 Å². The van der Waals surface area contributed by atoms with Crippen molar-refractivity contribution in [2.75, 3.05) is 42.7 Å². The number of hydrogen-bond acceptors (Lipinski definition) is 7. The highest BCUT2D eigenvalue weighted by molar-refractivity contribution is 5.97. The standard InChI is InChI=1S/C20H25NO7/c1-23-14-9-18(27-5)16(25-3)7-12(14)11-21-20(22)13-8-17(26-4)19(28-6)10-15(13)24-2/h7-10H,11H2,1-6H3,(H,21,22). The molecule has 1 amide bonds. The Labute approximate surface area is 164 Å². The molecule has 8 heteroatoms. The minimum Gasteiger partial charge on any atom is -0.496 e. The van der Waals surface area contributed by atoms with Crippen LogP contribution in [0.3, 0.4) is 0 Å². The highest BCUT2D eigenvalue weighted by Crippen LogP contribution is 2.36. The predicted octanol–water partition coefficient (Wildman–Crippen LogP) is 2.67. The molecule has 0 aromatic heterocycles. The number of methoxy groups -OCH3 is 6. The van der Waals surface area contributed by atoms with Crippen molar-refractivity contribution in [3.05, 3.63) is 35.4 Å². The van der Waals surface area contributed by atoms with Crippen molar-refractivity contribution in [1.29, 1.82) is 0 Å². The van der Waals surface area contributed by atoms with Gasteiger partial charge in [-0.25, -0.2) is 0 Å². The predicted molar refractivity (Wildman–Crippen MR) is 103 cm³/mol. The van der Waals surface area contributed by atoms with E-state index in [1.165, 1.54) is 21.3 Å². The molecule has 0 saturated carbocycles. The van der Waals surface area contributed by atoms with E-state index in [2.05, 4.69) is 5.32 Å². The normalized spacial score (nSPS) is 10.1. The van der Waals surface area contributed by atoms with Crippen LogP contribution in [-0.4, -0.2) is 48.6 Å². The number of amides is 1. The lowest BCUT2D eigenvalue weighted by Crippen LogP contribution is -2.24. The minimum absolute atomic E-state index is 0.208. The van der Waals surface area contributed by atoms with Crippen LogP contribution < -0.4 is 33.7 Å². The Kier molecular flexibility index (Phi) is 7.20. The van der Waals surface area contributed by atoms with E-state index in [1.54, 1.807) is 45.6 Å². The fourth-order valence-corrected chi connectivity index (χ4v) is 2.71. The SMILES string of the molecule is COc1cc(OC)c(OC)cc1CNC(=O)c1cc(OC)c(OC)cc1OC. The first-order valence-electron chi connectivity index (χ1n) is 8.39. The topological polar surface area (TPSA) is 84.5 Å². The number of carbonyl (C=O) groups is 1. The zero-order chi connectivity index (χ0) is 20.7. The maximum atomic E-state index is 12.8. The summed E-state index contributed by atoms with van der Waals surface area (Å²) < 4.78 is 31.8. The maximum absolute atomic E-state index is 12.8. The van der Waals surface area contributed by atoms with Crippen LogP contribution in [0.4, 0.5) is 0 Å². The first-order chi connectivity index (χ1) is 13.5. The molecule has 0 atom stereocenters. The lowest BCUT2D eigenvalue weighted by atomic mass is 10.1. The number of carbonyl (C=O) groups excluding carboxylic acids is 1.